The predicted octanol–water partition coefficient (Wildman–Crippen LogP) is 2.61. The van der Waals surface area contributed by atoms with E-state index in [9.17, 15) is 9.59 Å². The summed E-state index contributed by atoms with van der Waals surface area (Å²) in [5.74, 6) is -1.05. The highest BCUT2D eigenvalue weighted by Gasteiger charge is 2.20. The molecule has 7 heteroatoms. The maximum absolute atomic E-state index is 12.1. The molecule has 21 heavy (non-hydrogen) atoms. The Kier molecular flexibility index (Phi) is 4.42. The van der Waals surface area contributed by atoms with Crippen LogP contribution in [0, 0.1) is 5.92 Å². The lowest BCUT2D eigenvalue weighted by atomic mass is 10.0. The van der Waals surface area contributed by atoms with Crippen LogP contribution in [0.25, 0.3) is 10.2 Å². The molecule has 1 N–H and O–H groups in total. The molecule has 2 aromatic heterocycles. The van der Waals surface area contributed by atoms with Crippen LogP contribution < -0.4 is 9.47 Å². The fourth-order valence-corrected chi connectivity index (χ4v) is 2.81. The van der Waals surface area contributed by atoms with Crippen molar-refractivity contribution in [2.24, 2.45) is 5.92 Å². The van der Waals surface area contributed by atoms with Gasteiger partial charge >= 0.3 is 5.97 Å². The Morgan fingerprint density at radius 1 is 1.33 bits per heavy atom. The maximum atomic E-state index is 12.1. The van der Waals surface area contributed by atoms with Gasteiger partial charge in [-0.3, -0.25) is 9.59 Å². The maximum Gasteiger partial charge on any atom is 0.306 e. The van der Waals surface area contributed by atoms with Gasteiger partial charge in [-0.2, -0.15) is 0 Å². The number of pyridine rings is 1. The van der Waals surface area contributed by atoms with E-state index in [1.165, 1.54) is 32.5 Å². The van der Waals surface area contributed by atoms with Crippen molar-refractivity contribution in [3.63, 3.8) is 0 Å². The molecule has 112 valence electrons. The number of carbonyl (C=O) groups is 2. The van der Waals surface area contributed by atoms with Crippen LogP contribution in [0.4, 0.5) is 0 Å². The van der Waals surface area contributed by atoms with Gasteiger partial charge in [-0.25, -0.2) is 4.98 Å². The van der Waals surface area contributed by atoms with E-state index in [0.717, 1.165) is 4.70 Å². The second-order valence-corrected chi connectivity index (χ2v) is 5.64. The van der Waals surface area contributed by atoms with Crippen molar-refractivity contribution >= 4 is 33.3 Å². The Morgan fingerprint density at radius 2 is 2.05 bits per heavy atom. The number of carboxylic acid groups (broad SMARTS) is 1. The molecule has 0 saturated heterocycles. The number of carboxylic acids is 1. The Balaban J connectivity index is 2.34. The first-order valence-electron chi connectivity index (χ1n) is 6.24. The van der Waals surface area contributed by atoms with E-state index in [1.807, 2.05) is 0 Å². The number of fused-ring (bicyclic) bond motifs is 1. The number of aromatic nitrogens is 1. The lowest BCUT2D eigenvalue weighted by Gasteiger charge is -2.05. The molecular weight excluding hydrogens is 294 g/mol. The van der Waals surface area contributed by atoms with Gasteiger partial charge in [0.1, 0.15) is 0 Å². The first-order valence-corrected chi connectivity index (χ1v) is 7.06. The molecule has 1 atom stereocenters. The molecule has 6 nitrogen and oxygen atoms in total. The van der Waals surface area contributed by atoms with Gasteiger partial charge < -0.3 is 14.6 Å². The minimum Gasteiger partial charge on any atom is -0.491 e. The van der Waals surface area contributed by atoms with Crippen molar-refractivity contribution < 1.29 is 24.2 Å². The number of thiophene rings is 1. The Hall–Kier alpha value is -2.15. The van der Waals surface area contributed by atoms with E-state index in [4.69, 9.17) is 14.6 Å². The fraction of sp³-hybridized carbons (Fsp3) is 0.357. The SMILES string of the molecule is COc1cc2sc(C(=O)C[C@H](C)C(=O)O)cc2nc1OC. The average Bonchev–Trinajstić information content (AvgIpc) is 2.88. The van der Waals surface area contributed by atoms with Gasteiger partial charge in [-0.05, 0) is 6.07 Å². The standard InChI is InChI=1S/C14H15NO5S/c1-7(14(17)18)4-9(16)12-5-8-11(21-12)6-10(19-2)13(15-8)20-3/h5-7H,4H2,1-3H3,(H,17,18)/t7-/m0/s1. The van der Waals surface area contributed by atoms with Crippen molar-refractivity contribution in [1.29, 1.82) is 0 Å². The number of Topliss-reactive ketones (excluding diaryl/α,β-unsaturated/α-hetero) is 1. The summed E-state index contributed by atoms with van der Waals surface area (Å²) >= 11 is 1.27. The van der Waals surface area contributed by atoms with E-state index in [-0.39, 0.29) is 12.2 Å². The van der Waals surface area contributed by atoms with Crippen LogP contribution in [0.1, 0.15) is 23.0 Å². The molecule has 0 amide bonds. The summed E-state index contributed by atoms with van der Waals surface area (Å²) in [6.07, 6.45) is -0.0313. The quantitative estimate of drug-likeness (QED) is 0.825. The number of aliphatic carboxylic acids is 1. The number of hydrogen-bond donors (Lipinski definition) is 1. The third-order valence-electron chi connectivity index (χ3n) is 3.04. The van der Waals surface area contributed by atoms with Gasteiger partial charge in [-0.1, -0.05) is 6.92 Å². The molecule has 0 radical (unpaired) electrons. The fourth-order valence-electron chi connectivity index (χ4n) is 1.83. The van der Waals surface area contributed by atoms with Gasteiger partial charge in [0.25, 0.3) is 5.88 Å². The molecule has 2 heterocycles. The summed E-state index contributed by atoms with van der Waals surface area (Å²) in [4.78, 5) is 27.7. The summed E-state index contributed by atoms with van der Waals surface area (Å²) in [5, 5.41) is 8.86. The summed E-state index contributed by atoms with van der Waals surface area (Å²) in [5.41, 5.74) is 0.629. The van der Waals surface area contributed by atoms with Crippen LogP contribution in [-0.4, -0.2) is 36.1 Å². The van der Waals surface area contributed by atoms with Crippen molar-refractivity contribution in [3.05, 3.63) is 17.0 Å². The van der Waals surface area contributed by atoms with Gasteiger partial charge in [0.15, 0.2) is 11.5 Å². The second kappa shape index (κ2) is 6.09. The van der Waals surface area contributed by atoms with Gasteiger partial charge in [-0.15, -0.1) is 11.3 Å². The largest absolute Gasteiger partial charge is 0.491 e. The van der Waals surface area contributed by atoms with Crippen molar-refractivity contribution in [1.82, 2.24) is 4.98 Å². The monoisotopic (exact) mass is 309 g/mol. The van der Waals surface area contributed by atoms with E-state index >= 15 is 0 Å². The number of rotatable bonds is 6. The number of carbonyl (C=O) groups excluding carboxylic acids is 1. The van der Waals surface area contributed by atoms with Crippen LogP contribution in [0.15, 0.2) is 12.1 Å². The molecule has 0 unspecified atom stereocenters. The van der Waals surface area contributed by atoms with Crippen LogP contribution in [0.2, 0.25) is 0 Å². The highest BCUT2D eigenvalue weighted by molar-refractivity contribution is 7.20. The zero-order chi connectivity index (χ0) is 15.6. The topological polar surface area (TPSA) is 85.7 Å². The van der Waals surface area contributed by atoms with Crippen molar-refractivity contribution in [2.45, 2.75) is 13.3 Å². The summed E-state index contributed by atoms with van der Waals surface area (Å²) in [6, 6.07) is 3.40. The molecule has 2 rings (SSSR count). The minimum absolute atomic E-state index is 0.0313. The Labute approximate surface area is 125 Å². The number of ketones is 1. The second-order valence-electron chi connectivity index (χ2n) is 4.56. The molecular formula is C14H15NO5S. The number of nitrogens with zero attached hydrogens (tertiary/aromatic N) is 1. The molecule has 0 aliphatic heterocycles. The first kappa shape index (κ1) is 15.2. The molecule has 0 fully saturated rings. The number of ether oxygens (including phenoxy) is 2. The van der Waals surface area contributed by atoms with Crippen LogP contribution >= 0.6 is 11.3 Å². The van der Waals surface area contributed by atoms with Gasteiger partial charge in [0, 0.05) is 12.5 Å². The molecule has 0 aliphatic rings. The lowest BCUT2D eigenvalue weighted by molar-refractivity contribution is -0.141. The van der Waals surface area contributed by atoms with E-state index < -0.39 is 11.9 Å². The van der Waals surface area contributed by atoms with Gasteiger partial charge in [0.2, 0.25) is 0 Å². The zero-order valence-electron chi connectivity index (χ0n) is 11.9. The van der Waals surface area contributed by atoms with E-state index in [2.05, 4.69) is 4.98 Å². The van der Waals surface area contributed by atoms with Crippen molar-refractivity contribution in [3.8, 4) is 11.6 Å². The predicted molar refractivity (Wildman–Crippen MR) is 78.5 cm³/mol. The molecule has 0 bridgehead atoms. The molecule has 0 aromatic carbocycles. The molecule has 2 aromatic rings. The van der Waals surface area contributed by atoms with Crippen LogP contribution in [0.3, 0.4) is 0 Å². The highest BCUT2D eigenvalue weighted by atomic mass is 32.1. The van der Waals surface area contributed by atoms with E-state index in [1.54, 1.807) is 12.1 Å². The minimum atomic E-state index is -0.981. The zero-order valence-corrected chi connectivity index (χ0v) is 12.7. The average molecular weight is 309 g/mol. The van der Waals surface area contributed by atoms with E-state index in [0.29, 0.717) is 22.0 Å². The van der Waals surface area contributed by atoms with Gasteiger partial charge in [0.05, 0.1) is 35.2 Å². The first-order chi connectivity index (χ1) is 9.96. The lowest BCUT2D eigenvalue weighted by Crippen LogP contribution is -2.13. The molecule has 0 aliphatic carbocycles. The highest BCUT2D eigenvalue weighted by Crippen LogP contribution is 2.34. The van der Waals surface area contributed by atoms with Crippen molar-refractivity contribution in [2.75, 3.05) is 14.2 Å². The Bertz CT molecular complexity index is 653. The Morgan fingerprint density at radius 3 is 2.62 bits per heavy atom. The molecule has 0 saturated carbocycles. The third kappa shape index (κ3) is 3.13. The van der Waals surface area contributed by atoms with Crippen LogP contribution in [-0.2, 0) is 4.79 Å². The number of methoxy groups -OCH3 is 2. The number of hydrogen-bond acceptors (Lipinski definition) is 6. The normalized spacial score (nSPS) is 12.1. The summed E-state index contributed by atoms with van der Waals surface area (Å²) in [7, 11) is 3.00. The summed E-state index contributed by atoms with van der Waals surface area (Å²) in [6.45, 7) is 1.51. The third-order valence-corrected chi connectivity index (χ3v) is 4.15. The van der Waals surface area contributed by atoms with Crippen LogP contribution in [0.5, 0.6) is 11.6 Å². The molecule has 0 spiro atoms. The summed E-state index contributed by atoms with van der Waals surface area (Å²) < 4.78 is 11.1. The smallest absolute Gasteiger partial charge is 0.306 e.